The van der Waals surface area contributed by atoms with E-state index in [4.69, 9.17) is 5.73 Å². The van der Waals surface area contributed by atoms with E-state index >= 15 is 0 Å². The smallest absolute Gasteiger partial charge is 0.220 e. The summed E-state index contributed by atoms with van der Waals surface area (Å²) in [6, 6.07) is 8.08. The third-order valence-electron chi connectivity index (χ3n) is 4.67. The monoisotopic (exact) mass is 288 g/mol. The molecule has 0 unspecified atom stereocenters. The zero-order valence-electron chi connectivity index (χ0n) is 13.1. The number of rotatable bonds is 5. The quantitative estimate of drug-likeness (QED) is 0.641. The lowest BCUT2D eigenvalue weighted by molar-refractivity contribution is -0.122. The van der Waals surface area contributed by atoms with Crippen LogP contribution in [0, 0.1) is 5.92 Å². The van der Waals surface area contributed by atoms with Gasteiger partial charge in [0.05, 0.1) is 0 Å². The second kappa shape index (κ2) is 8.06. The van der Waals surface area contributed by atoms with Gasteiger partial charge in [-0.15, -0.1) is 0 Å². The Balaban J connectivity index is 1.77. The Kier molecular flexibility index (Phi) is 6.09. The van der Waals surface area contributed by atoms with Gasteiger partial charge in [0.15, 0.2) is 0 Å². The molecule has 3 N–H and O–H groups in total. The molecule has 1 aromatic carbocycles. The Labute approximate surface area is 128 Å². The first-order valence-electron chi connectivity index (χ1n) is 8.29. The SMILES string of the molecule is C[C@H](NC(=O)CCc1ccccc1N)C1CCCCCC1. The number of aryl methyl sites for hydroxylation is 1. The molecule has 0 spiro atoms. The van der Waals surface area contributed by atoms with Gasteiger partial charge in [-0.25, -0.2) is 0 Å². The lowest BCUT2D eigenvalue weighted by Crippen LogP contribution is -2.38. The molecule has 1 atom stereocenters. The first-order valence-corrected chi connectivity index (χ1v) is 8.29. The van der Waals surface area contributed by atoms with Gasteiger partial charge >= 0.3 is 0 Å². The number of nitrogens with two attached hydrogens (primary N) is 1. The number of benzene rings is 1. The molecule has 0 bridgehead atoms. The summed E-state index contributed by atoms with van der Waals surface area (Å²) in [4.78, 5) is 12.1. The molecule has 0 saturated heterocycles. The molecule has 3 nitrogen and oxygen atoms in total. The summed E-state index contributed by atoms with van der Waals surface area (Å²) in [5, 5.41) is 3.19. The number of carbonyl (C=O) groups excluding carboxylic acids is 1. The Bertz CT molecular complexity index is 450. The molecule has 1 saturated carbocycles. The minimum Gasteiger partial charge on any atom is -0.399 e. The molecule has 21 heavy (non-hydrogen) atoms. The lowest BCUT2D eigenvalue weighted by atomic mass is 9.93. The molecule has 116 valence electrons. The van der Waals surface area contributed by atoms with Gasteiger partial charge in [-0.1, -0.05) is 43.9 Å². The van der Waals surface area contributed by atoms with Crippen molar-refractivity contribution in [2.45, 2.75) is 64.3 Å². The van der Waals surface area contributed by atoms with E-state index in [0.29, 0.717) is 18.4 Å². The lowest BCUT2D eigenvalue weighted by Gasteiger charge is -2.23. The van der Waals surface area contributed by atoms with E-state index in [1.807, 2.05) is 24.3 Å². The minimum atomic E-state index is 0.148. The van der Waals surface area contributed by atoms with Crippen LogP contribution in [0.15, 0.2) is 24.3 Å². The van der Waals surface area contributed by atoms with Crippen molar-refractivity contribution in [2.24, 2.45) is 5.92 Å². The Morgan fingerprint density at radius 3 is 2.57 bits per heavy atom. The van der Waals surface area contributed by atoms with Crippen LogP contribution in [0.5, 0.6) is 0 Å². The van der Waals surface area contributed by atoms with Crippen LogP contribution in [0.25, 0.3) is 0 Å². The Morgan fingerprint density at radius 2 is 1.90 bits per heavy atom. The topological polar surface area (TPSA) is 55.1 Å². The summed E-state index contributed by atoms with van der Waals surface area (Å²) in [6.45, 7) is 2.16. The highest BCUT2D eigenvalue weighted by molar-refractivity contribution is 5.76. The molecular weight excluding hydrogens is 260 g/mol. The van der Waals surface area contributed by atoms with Gasteiger partial charge in [-0.05, 0) is 43.7 Å². The van der Waals surface area contributed by atoms with Crippen molar-refractivity contribution in [2.75, 3.05) is 5.73 Å². The molecule has 0 aliphatic heterocycles. The van der Waals surface area contributed by atoms with Crippen molar-refractivity contribution in [3.63, 3.8) is 0 Å². The van der Waals surface area contributed by atoms with Gasteiger partial charge in [-0.2, -0.15) is 0 Å². The number of nitrogen functional groups attached to an aromatic ring is 1. The molecule has 0 radical (unpaired) electrons. The number of hydrogen-bond acceptors (Lipinski definition) is 2. The summed E-state index contributed by atoms with van der Waals surface area (Å²) in [5.74, 6) is 0.799. The molecule has 2 rings (SSSR count). The minimum absolute atomic E-state index is 0.148. The second-order valence-corrected chi connectivity index (χ2v) is 6.31. The van der Waals surface area contributed by atoms with Crippen LogP contribution >= 0.6 is 0 Å². The summed E-state index contributed by atoms with van der Waals surface area (Å²) in [5.41, 5.74) is 7.75. The van der Waals surface area contributed by atoms with Crippen LogP contribution < -0.4 is 11.1 Å². The van der Waals surface area contributed by atoms with Crippen LogP contribution in [0.4, 0.5) is 5.69 Å². The van der Waals surface area contributed by atoms with E-state index in [-0.39, 0.29) is 5.91 Å². The van der Waals surface area contributed by atoms with Gasteiger partial charge in [0.1, 0.15) is 0 Å². The third-order valence-corrected chi connectivity index (χ3v) is 4.67. The summed E-state index contributed by atoms with van der Waals surface area (Å²) in [6.07, 6.45) is 9.08. The summed E-state index contributed by atoms with van der Waals surface area (Å²) < 4.78 is 0. The first kappa shape index (κ1) is 15.9. The van der Waals surface area contributed by atoms with Crippen molar-refractivity contribution in [3.8, 4) is 0 Å². The fourth-order valence-corrected chi connectivity index (χ4v) is 3.26. The van der Waals surface area contributed by atoms with Crippen LogP contribution in [-0.4, -0.2) is 11.9 Å². The molecule has 0 heterocycles. The van der Waals surface area contributed by atoms with Crippen molar-refractivity contribution in [1.29, 1.82) is 0 Å². The number of nitrogens with one attached hydrogen (secondary N) is 1. The largest absolute Gasteiger partial charge is 0.399 e. The van der Waals surface area contributed by atoms with Gasteiger partial charge in [0.25, 0.3) is 0 Å². The average Bonchev–Trinajstić information content (AvgIpc) is 2.75. The fraction of sp³-hybridized carbons (Fsp3) is 0.611. The normalized spacial score (nSPS) is 18.0. The van der Waals surface area contributed by atoms with Gasteiger partial charge in [0, 0.05) is 18.2 Å². The number of anilines is 1. The summed E-state index contributed by atoms with van der Waals surface area (Å²) in [7, 11) is 0. The maximum atomic E-state index is 12.1. The molecule has 1 aliphatic carbocycles. The number of carbonyl (C=O) groups is 1. The Hall–Kier alpha value is -1.51. The number of amides is 1. The predicted molar refractivity (Wildman–Crippen MR) is 88.0 cm³/mol. The number of para-hydroxylation sites is 1. The maximum absolute atomic E-state index is 12.1. The van der Waals surface area contributed by atoms with E-state index in [1.54, 1.807) is 0 Å². The van der Waals surface area contributed by atoms with Crippen molar-refractivity contribution < 1.29 is 4.79 Å². The van der Waals surface area contributed by atoms with E-state index in [1.165, 1.54) is 38.5 Å². The Morgan fingerprint density at radius 1 is 1.24 bits per heavy atom. The van der Waals surface area contributed by atoms with Crippen molar-refractivity contribution in [1.82, 2.24) is 5.32 Å². The zero-order valence-corrected chi connectivity index (χ0v) is 13.1. The standard InChI is InChI=1S/C18H28N2O/c1-14(15-8-4-2-3-5-9-15)20-18(21)13-12-16-10-6-7-11-17(16)19/h6-7,10-11,14-15H,2-5,8-9,12-13,19H2,1H3,(H,20,21)/t14-/m0/s1. The van der Waals surface area contributed by atoms with Crippen molar-refractivity contribution in [3.05, 3.63) is 29.8 Å². The van der Waals surface area contributed by atoms with E-state index in [2.05, 4.69) is 12.2 Å². The molecule has 1 amide bonds. The zero-order chi connectivity index (χ0) is 15.1. The highest BCUT2D eigenvalue weighted by Gasteiger charge is 2.20. The second-order valence-electron chi connectivity index (χ2n) is 6.31. The molecule has 0 aromatic heterocycles. The van der Waals surface area contributed by atoms with Crippen LogP contribution in [0.2, 0.25) is 0 Å². The predicted octanol–water partition coefficient (Wildman–Crippen LogP) is 3.68. The highest BCUT2D eigenvalue weighted by Crippen LogP contribution is 2.25. The van der Waals surface area contributed by atoms with Gasteiger partial charge < -0.3 is 11.1 Å². The van der Waals surface area contributed by atoms with Crippen LogP contribution in [0.1, 0.15) is 57.4 Å². The van der Waals surface area contributed by atoms with Crippen LogP contribution in [-0.2, 0) is 11.2 Å². The average molecular weight is 288 g/mol. The molecule has 1 aromatic rings. The third kappa shape index (κ3) is 5.07. The first-order chi connectivity index (χ1) is 10.2. The molecule has 3 heteroatoms. The molecular formula is C18H28N2O. The highest BCUT2D eigenvalue weighted by atomic mass is 16.1. The van der Waals surface area contributed by atoms with E-state index in [9.17, 15) is 4.79 Å². The van der Waals surface area contributed by atoms with E-state index in [0.717, 1.165) is 17.7 Å². The van der Waals surface area contributed by atoms with Crippen molar-refractivity contribution >= 4 is 11.6 Å². The molecule has 1 aliphatic rings. The fourth-order valence-electron chi connectivity index (χ4n) is 3.26. The van der Waals surface area contributed by atoms with Gasteiger partial charge in [-0.3, -0.25) is 4.79 Å². The van der Waals surface area contributed by atoms with Gasteiger partial charge in [0.2, 0.25) is 5.91 Å². The number of hydrogen-bond donors (Lipinski definition) is 2. The van der Waals surface area contributed by atoms with E-state index < -0.39 is 0 Å². The van der Waals surface area contributed by atoms with Crippen LogP contribution in [0.3, 0.4) is 0 Å². The maximum Gasteiger partial charge on any atom is 0.220 e. The summed E-state index contributed by atoms with van der Waals surface area (Å²) >= 11 is 0. The molecule has 1 fully saturated rings.